The maximum atomic E-state index is 6.00. The Morgan fingerprint density at radius 1 is 0.867 bits per heavy atom. The van der Waals surface area contributed by atoms with E-state index in [1.165, 1.54) is 55.6 Å². The van der Waals surface area contributed by atoms with Crippen molar-refractivity contribution >= 4 is 10.9 Å². The lowest BCUT2D eigenvalue weighted by Gasteiger charge is -2.32. The Morgan fingerprint density at radius 3 is 2.40 bits per heavy atom. The molecule has 1 aliphatic heterocycles. The van der Waals surface area contributed by atoms with Gasteiger partial charge in [0.25, 0.3) is 0 Å². The zero-order valence-electron chi connectivity index (χ0n) is 18.2. The van der Waals surface area contributed by atoms with E-state index in [0.29, 0.717) is 6.61 Å². The normalized spacial score (nSPS) is 15.5. The largest absolute Gasteiger partial charge is 0.493 e. The van der Waals surface area contributed by atoms with E-state index in [4.69, 9.17) is 9.47 Å². The zero-order chi connectivity index (χ0) is 20.8. The van der Waals surface area contributed by atoms with E-state index in [0.717, 1.165) is 24.5 Å². The van der Waals surface area contributed by atoms with E-state index in [9.17, 15) is 0 Å². The standard InChI is InChI=1S/C25H33N3O2/c1-26-14-16-27(17-15-26)13-7-8-21-20-28(23-10-4-3-9-22(21)23)18-19-30-25-12-6-5-11-24(25)29-2/h3-6,9-12,20H,7-8,13-19H2,1-2H3. The highest BCUT2D eigenvalue weighted by Crippen LogP contribution is 2.26. The van der Waals surface area contributed by atoms with Gasteiger partial charge in [-0.2, -0.15) is 0 Å². The number of para-hydroxylation sites is 3. The number of likely N-dealkylation sites (N-methyl/N-ethyl adjacent to an activating group) is 1. The molecule has 1 fully saturated rings. The first-order chi connectivity index (χ1) is 14.7. The number of hydrogen-bond donors (Lipinski definition) is 0. The maximum Gasteiger partial charge on any atom is 0.161 e. The minimum atomic E-state index is 0.611. The molecule has 0 unspecified atom stereocenters. The molecular formula is C25H33N3O2. The van der Waals surface area contributed by atoms with Gasteiger partial charge in [-0.15, -0.1) is 0 Å². The number of methoxy groups -OCH3 is 1. The van der Waals surface area contributed by atoms with Crippen LogP contribution in [0.3, 0.4) is 0 Å². The van der Waals surface area contributed by atoms with Gasteiger partial charge in [0.2, 0.25) is 0 Å². The molecule has 2 heterocycles. The number of piperazine rings is 1. The number of hydrogen-bond acceptors (Lipinski definition) is 4. The molecular weight excluding hydrogens is 374 g/mol. The van der Waals surface area contributed by atoms with Crippen molar-refractivity contribution in [2.24, 2.45) is 0 Å². The van der Waals surface area contributed by atoms with Crippen molar-refractivity contribution in [1.82, 2.24) is 14.4 Å². The van der Waals surface area contributed by atoms with E-state index in [1.807, 2.05) is 24.3 Å². The van der Waals surface area contributed by atoms with E-state index in [2.05, 4.69) is 51.9 Å². The summed E-state index contributed by atoms with van der Waals surface area (Å²) in [7, 11) is 3.89. The van der Waals surface area contributed by atoms with Gasteiger partial charge in [0.1, 0.15) is 6.61 Å². The van der Waals surface area contributed by atoms with Gasteiger partial charge < -0.3 is 23.8 Å². The van der Waals surface area contributed by atoms with Crippen LogP contribution in [0.25, 0.3) is 10.9 Å². The van der Waals surface area contributed by atoms with Crippen LogP contribution in [0.1, 0.15) is 12.0 Å². The summed E-state index contributed by atoms with van der Waals surface area (Å²) in [5, 5.41) is 1.37. The first-order valence-electron chi connectivity index (χ1n) is 11.0. The van der Waals surface area contributed by atoms with Crippen LogP contribution in [0.2, 0.25) is 0 Å². The first kappa shape index (κ1) is 20.8. The molecule has 0 atom stereocenters. The summed E-state index contributed by atoms with van der Waals surface area (Å²) in [6.07, 6.45) is 4.64. The van der Waals surface area contributed by atoms with Crippen LogP contribution < -0.4 is 9.47 Å². The third kappa shape index (κ3) is 4.97. The summed E-state index contributed by atoms with van der Waals surface area (Å²) in [6.45, 7) is 7.37. The summed E-state index contributed by atoms with van der Waals surface area (Å²) >= 11 is 0. The van der Waals surface area contributed by atoms with E-state index in [1.54, 1.807) is 7.11 Å². The van der Waals surface area contributed by atoms with Gasteiger partial charge in [0.05, 0.1) is 13.7 Å². The van der Waals surface area contributed by atoms with Crippen LogP contribution in [-0.2, 0) is 13.0 Å². The van der Waals surface area contributed by atoms with Gasteiger partial charge >= 0.3 is 0 Å². The minimum absolute atomic E-state index is 0.611. The molecule has 5 nitrogen and oxygen atoms in total. The lowest BCUT2D eigenvalue weighted by molar-refractivity contribution is 0.153. The van der Waals surface area contributed by atoms with Crippen molar-refractivity contribution in [3.8, 4) is 11.5 Å². The average Bonchev–Trinajstić information content (AvgIpc) is 3.13. The SMILES string of the molecule is COc1ccccc1OCCn1cc(CCCN2CCN(C)CC2)c2ccccc21. The van der Waals surface area contributed by atoms with E-state index in [-0.39, 0.29) is 0 Å². The number of aromatic nitrogens is 1. The second kappa shape index (κ2) is 10.0. The van der Waals surface area contributed by atoms with Crippen LogP contribution in [0, 0.1) is 0 Å². The molecule has 0 amide bonds. The molecule has 0 bridgehead atoms. The molecule has 5 heteroatoms. The Hall–Kier alpha value is -2.50. The lowest BCUT2D eigenvalue weighted by atomic mass is 10.1. The zero-order valence-corrected chi connectivity index (χ0v) is 18.2. The molecule has 0 spiro atoms. The molecule has 0 N–H and O–H groups in total. The predicted molar refractivity (Wildman–Crippen MR) is 123 cm³/mol. The molecule has 30 heavy (non-hydrogen) atoms. The second-order valence-electron chi connectivity index (χ2n) is 8.11. The highest BCUT2D eigenvalue weighted by atomic mass is 16.5. The van der Waals surface area contributed by atoms with E-state index >= 15 is 0 Å². The number of rotatable bonds is 9. The summed E-state index contributed by atoms with van der Waals surface area (Å²) in [5.41, 5.74) is 2.73. The Morgan fingerprint density at radius 2 is 1.60 bits per heavy atom. The fourth-order valence-corrected chi connectivity index (χ4v) is 4.26. The van der Waals surface area contributed by atoms with Gasteiger partial charge in [-0.3, -0.25) is 0 Å². The van der Waals surface area contributed by atoms with Crippen LogP contribution in [0.15, 0.2) is 54.7 Å². The number of aryl methyl sites for hydroxylation is 1. The van der Waals surface area contributed by atoms with Crippen molar-refractivity contribution in [1.29, 1.82) is 0 Å². The van der Waals surface area contributed by atoms with Gasteiger partial charge in [-0.05, 0) is 50.2 Å². The van der Waals surface area contributed by atoms with Crippen LogP contribution in [0.5, 0.6) is 11.5 Å². The molecule has 1 saturated heterocycles. The van der Waals surface area contributed by atoms with Gasteiger partial charge in [0.15, 0.2) is 11.5 Å². The van der Waals surface area contributed by atoms with Crippen molar-refractivity contribution in [2.75, 3.05) is 53.5 Å². The summed E-state index contributed by atoms with van der Waals surface area (Å²) in [5.74, 6) is 1.57. The first-order valence-corrected chi connectivity index (χ1v) is 11.0. The molecule has 0 saturated carbocycles. The Balaban J connectivity index is 1.37. The molecule has 0 radical (unpaired) electrons. The number of fused-ring (bicyclic) bond motifs is 1. The minimum Gasteiger partial charge on any atom is -0.493 e. The lowest BCUT2D eigenvalue weighted by Crippen LogP contribution is -2.44. The molecule has 1 aliphatic rings. The quantitative estimate of drug-likeness (QED) is 0.538. The molecule has 160 valence electrons. The third-order valence-corrected chi connectivity index (χ3v) is 6.05. The Labute approximate surface area is 179 Å². The molecule has 3 aromatic rings. The van der Waals surface area contributed by atoms with Crippen molar-refractivity contribution in [3.63, 3.8) is 0 Å². The third-order valence-electron chi connectivity index (χ3n) is 6.05. The average molecular weight is 408 g/mol. The van der Waals surface area contributed by atoms with E-state index < -0.39 is 0 Å². The fraction of sp³-hybridized carbons (Fsp3) is 0.440. The Bertz CT molecular complexity index is 944. The van der Waals surface area contributed by atoms with Crippen molar-refractivity contribution < 1.29 is 9.47 Å². The monoisotopic (exact) mass is 407 g/mol. The second-order valence-corrected chi connectivity index (χ2v) is 8.11. The topological polar surface area (TPSA) is 29.9 Å². The van der Waals surface area contributed by atoms with Gasteiger partial charge in [0, 0.05) is 43.3 Å². The Kier molecular flexibility index (Phi) is 6.92. The van der Waals surface area contributed by atoms with Crippen molar-refractivity contribution in [2.45, 2.75) is 19.4 Å². The predicted octanol–water partition coefficient (Wildman–Crippen LogP) is 3.91. The van der Waals surface area contributed by atoms with Crippen molar-refractivity contribution in [3.05, 3.63) is 60.3 Å². The number of ether oxygens (including phenoxy) is 2. The van der Waals surface area contributed by atoms with Gasteiger partial charge in [-0.1, -0.05) is 30.3 Å². The highest BCUT2D eigenvalue weighted by Gasteiger charge is 2.14. The van der Waals surface area contributed by atoms with Gasteiger partial charge in [-0.25, -0.2) is 0 Å². The van der Waals surface area contributed by atoms with Crippen LogP contribution in [0.4, 0.5) is 0 Å². The smallest absolute Gasteiger partial charge is 0.161 e. The fourth-order valence-electron chi connectivity index (χ4n) is 4.26. The highest BCUT2D eigenvalue weighted by molar-refractivity contribution is 5.84. The number of benzene rings is 2. The molecule has 0 aliphatic carbocycles. The summed E-state index contributed by atoms with van der Waals surface area (Å²) < 4.78 is 13.7. The molecule has 1 aromatic heterocycles. The summed E-state index contributed by atoms with van der Waals surface area (Å²) in [6, 6.07) is 16.5. The van der Waals surface area contributed by atoms with Crippen LogP contribution >= 0.6 is 0 Å². The van der Waals surface area contributed by atoms with Crippen LogP contribution in [-0.4, -0.2) is 67.9 Å². The number of nitrogens with zero attached hydrogens (tertiary/aromatic N) is 3. The maximum absolute atomic E-state index is 6.00. The molecule has 2 aromatic carbocycles. The molecule has 4 rings (SSSR count). The summed E-state index contributed by atoms with van der Waals surface area (Å²) in [4.78, 5) is 5.01.